The fourth-order valence-corrected chi connectivity index (χ4v) is 5.31. The Kier molecular flexibility index (Phi) is 5.33. The number of aryl methyl sites for hydroxylation is 2. The van der Waals surface area contributed by atoms with E-state index in [1.165, 1.54) is 11.3 Å². The number of carbonyl (C=O) groups is 3. The topological polar surface area (TPSA) is 87.5 Å². The molecule has 4 heterocycles. The summed E-state index contributed by atoms with van der Waals surface area (Å²) >= 11 is 0. The summed E-state index contributed by atoms with van der Waals surface area (Å²) in [5.74, 6) is -0.256. The molecule has 168 valence electrons. The highest BCUT2D eigenvalue weighted by atomic mass is 16.2. The smallest absolute Gasteiger partial charge is 0.255 e. The maximum Gasteiger partial charge on any atom is 0.255 e. The largest absolute Gasteiger partial charge is 0.322 e. The zero-order valence-electron chi connectivity index (χ0n) is 18.6. The summed E-state index contributed by atoms with van der Waals surface area (Å²) < 4.78 is 1.97. The molecular weight excluding hydrogens is 406 g/mol. The lowest BCUT2D eigenvalue weighted by Crippen LogP contribution is -2.52. The van der Waals surface area contributed by atoms with E-state index < -0.39 is 6.04 Å². The molecule has 32 heavy (non-hydrogen) atoms. The SMILES string of the molecule is Cc1cc(CN2CCC(c3ccc4c(c3)CN(C3CCC(=O)NC3=O)C4=O)CC2)n(C)n1. The van der Waals surface area contributed by atoms with Crippen LogP contribution in [0, 0.1) is 6.92 Å². The second kappa shape index (κ2) is 8.16. The van der Waals surface area contributed by atoms with Crippen molar-refractivity contribution in [3.8, 4) is 0 Å². The van der Waals surface area contributed by atoms with Crippen LogP contribution in [0.2, 0.25) is 0 Å². The molecule has 0 radical (unpaired) electrons. The number of aromatic nitrogens is 2. The highest BCUT2D eigenvalue weighted by Crippen LogP contribution is 2.33. The van der Waals surface area contributed by atoms with Gasteiger partial charge in [0.05, 0.1) is 11.4 Å². The van der Waals surface area contributed by atoms with Gasteiger partial charge in [0.25, 0.3) is 5.91 Å². The molecule has 1 aromatic heterocycles. The molecule has 0 saturated carbocycles. The Morgan fingerprint density at radius 3 is 2.56 bits per heavy atom. The normalized spacial score (nSPS) is 22.4. The van der Waals surface area contributed by atoms with Crippen LogP contribution in [0.1, 0.15) is 64.5 Å². The van der Waals surface area contributed by atoms with E-state index in [0.29, 0.717) is 24.4 Å². The Labute approximate surface area is 187 Å². The average molecular weight is 436 g/mol. The third-order valence-electron chi connectivity index (χ3n) is 7.09. The van der Waals surface area contributed by atoms with Crippen molar-refractivity contribution in [2.24, 2.45) is 7.05 Å². The van der Waals surface area contributed by atoms with Gasteiger partial charge in [-0.25, -0.2) is 0 Å². The fourth-order valence-electron chi connectivity index (χ4n) is 5.31. The summed E-state index contributed by atoms with van der Waals surface area (Å²) in [7, 11) is 2.00. The number of imide groups is 1. The first-order chi connectivity index (χ1) is 15.4. The molecule has 8 nitrogen and oxygen atoms in total. The van der Waals surface area contributed by atoms with Crippen LogP contribution in [0.5, 0.6) is 0 Å². The first-order valence-electron chi connectivity index (χ1n) is 11.4. The van der Waals surface area contributed by atoms with Gasteiger partial charge in [-0.2, -0.15) is 5.10 Å². The predicted octanol–water partition coefficient (Wildman–Crippen LogP) is 1.87. The molecule has 8 heteroatoms. The number of piperidine rings is 2. The van der Waals surface area contributed by atoms with E-state index in [4.69, 9.17) is 0 Å². The third kappa shape index (κ3) is 3.83. The first kappa shape index (κ1) is 20.9. The summed E-state index contributed by atoms with van der Waals surface area (Å²) in [6.07, 6.45) is 2.84. The molecule has 1 unspecified atom stereocenters. The summed E-state index contributed by atoms with van der Waals surface area (Å²) in [5, 5.41) is 6.80. The molecule has 0 spiro atoms. The summed E-state index contributed by atoms with van der Waals surface area (Å²) in [6, 6.07) is 7.75. The van der Waals surface area contributed by atoms with E-state index in [1.54, 1.807) is 4.90 Å². The van der Waals surface area contributed by atoms with Crippen LogP contribution in [0.15, 0.2) is 24.3 Å². The summed E-state index contributed by atoms with van der Waals surface area (Å²) in [5.41, 5.74) is 5.24. The van der Waals surface area contributed by atoms with E-state index in [-0.39, 0.29) is 24.1 Å². The molecule has 3 aliphatic rings. The number of likely N-dealkylation sites (tertiary alicyclic amines) is 1. The van der Waals surface area contributed by atoms with Crippen LogP contribution in [-0.4, -0.2) is 56.4 Å². The fraction of sp³-hybridized carbons (Fsp3) is 0.500. The number of rotatable bonds is 4. The van der Waals surface area contributed by atoms with Gasteiger partial charge >= 0.3 is 0 Å². The lowest BCUT2D eigenvalue weighted by molar-refractivity contribution is -0.136. The Bertz CT molecular complexity index is 1080. The first-order valence-corrected chi connectivity index (χ1v) is 11.4. The van der Waals surface area contributed by atoms with Gasteiger partial charge in [-0.3, -0.25) is 29.3 Å². The van der Waals surface area contributed by atoms with Gasteiger partial charge in [-0.1, -0.05) is 12.1 Å². The van der Waals surface area contributed by atoms with E-state index in [9.17, 15) is 14.4 Å². The molecule has 0 aliphatic carbocycles. The van der Waals surface area contributed by atoms with Crippen LogP contribution >= 0.6 is 0 Å². The molecule has 2 saturated heterocycles. The highest BCUT2D eigenvalue weighted by Gasteiger charge is 2.39. The highest BCUT2D eigenvalue weighted by molar-refractivity contribution is 6.05. The van der Waals surface area contributed by atoms with Gasteiger partial charge in [0.2, 0.25) is 11.8 Å². The van der Waals surface area contributed by atoms with Crippen molar-refractivity contribution < 1.29 is 14.4 Å². The number of nitrogens with zero attached hydrogens (tertiary/aromatic N) is 4. The van der Waals surface area contributed by atoms with Crippen LogP contribution in [-0.2, 0) is 29.7 Å². The lowest BCUT2D eigenvalue weighted by atomic mass is 9.88. The molecule has 3 amide bonds. The summed E-state index contributed by atoms with van der Waals surface area (Å²) in [4.78, 5) is 40.7. The van der Waals surface area contributed by atoms with E-state index in [2.05, 4.69) is 33.5 Å². The van der Waals surface area contributed by atoms with Crippen LogP contribution < -0.4 is 5.32 Å². The minimum Gasteiger partial charge on any atom is -0.322 e. The van der Waals surface area contributed by atoms with E-state index >= 15 is 0 Å². The van der Waals surface area contributed by atoms with Gasteiger partial charge in [0.1, 0.15) is 6.04 Å². The van der Waals surface area contributed by atoms with E-state index in [0.717, 1.165) is 43.7 Å². The van der Waals surface area contributed by atoms with Crippen molar-refractivity contribution in [3.05, 3.63) is 52.3 Å². The number of hydrogen-bond acceptors (Lipinski definition) is 5. The Balaban J connectivity index is 1.23. The molecule has 5 rings (SSSR count). The standard InChI is InChI=1S/C24H29N5O3/c1-15-11-19(27(2)26-15)14-28-9-7-16(8-10-28)17-3-4-20-18(12-17)13-29(24(20)32)21-5-6-22(30)25-23(21)31/h3-4,11-12,16,21H,5-10,13-14H2,1-2H3,(H,25,30,31). The molecule has 3 aliphatic heterocycles. The minimum atomic E-state index is -0.560. The van der Waals surface area contributed by atoms with Crippen molar-refractivity contribution >= 4 is 17.7 Å². The number of carbonyl (C=O) groups excluding carboxylic acids is 3. The Morgan fingerprint density at radius 1 is 1.09 bits per heavy atom. The van der Waals surface area contributed by atoms with Crippen LogP contribution in [0.4, 0.5) is 0 Å². The van der Waals surface area contributed by atoms with Crippen LogP contribution in [0.3, 0.4) is 0 Å². The Hall–Kier alpha value is -3.00. The van der Waals surface area contributed by atoms with Crippen molar-refractivity contribution in [2.75, 3.05) is 13.1 Å². The van der Waals surface area contributed by atoms with Crippen molar-refractivity contribution in [2.45, 2.75) is 57.7 Å². The summed E-state index contributed by atoms with van der Waals surface area (Å²) in [6.45, 7) is 5.45. The van der Waals surface area contributed by atoms with Crippen molar-refractivity contribution in [3.63, 3.8) is 0 Å². The molecule has 1 N–H and O–H groups in total. The maximum absolute atomic E-state index is 12.9. The second-order valence-electron chi connectivity index (χ2n) is 9.27. The number of hydrogen-bond donors (Lipinski definition) is 1. The number of amides is 3. The van der Waals surface area contributed by atoms with Gasteiger partial charge < -0.3 is 4.90 Å². The van der Waals surface area contributed by atoms with Gasteiger partial charge in [0.15, 0.2) is 0 Å². The third-order valence-corrected chi connectivity index (χ3v) is 7.09. The lowest BCUT2D eigenvalue weighted by Gasteiger charge is -2.32. The molecule has 1 aromatic carbocycles. The molecule has 2 fully saturated rings. The van der Waals surface area contributed by atoms with Gasteiger partial charge in [0, 0.05) is 32.1 Å². The average Bonchev–Trinajstić information content (AvgIpc) is 3.26. The van der Waals surface area contributed by atoms with Crippen LogP contribution in [0.25, 0.3) is 0 Å². The quantitative estimate of drug-likeness (QED) is 0.741. The second-order valence-corrected chi connectivity index (χ2v) is 9.27. The number of benzene rings is 1. The Morgan fingerprint density at radius 2 is 1.88 bits per heavy atom. The maximum atomic E-state index is 12.9. The predicted molar refractivity (Wildman–Crippen MR) is 118 cm³/mol. The molecule has 2 aromatic rings. The zero-order chi connectivity index (χ0) is 22.4. The van der Waals surface area contributed by atoms with Gasteiger partial charge in [-0.15, -0.1) is 0 Å². The van der Waals surface area contributed by atoms with Crippen molar-refractivity contribution in [1.29, 1.82) is 0 Å². The monoisotopic (exact) mass is 435 g/mol. The molecule has 1 atom stereocenters. The zero-order valence-corrected chi connectivity index (χ0v) is 18.6. The van der Waals surface area contributed by atoms with Gasteiger partial charge in [-0.05, 0) is 68.5 Å². The molecule has 0 bridgehead atoms. The van der Waals surface area contributed by atoms with Crippen molar-refractivity contribution in [1.82, 2.24) is 24.9 Å². The minimum absolute atomic E-state index is 0.109. The number of nitrogens with one attached hydrogen (secondary N) is 1. The molecular formula is C24H29N5O3. The van der Waals surface area contributed by atoms with E-state index in [1.807, 2.05) is 24.7 Å². The number of fused-ring (bicyclic) bond motifs is 1.